The second-order valence-corrected chi connectivity index (χ2v) is 8.33. The van der Waals surface area contributed by atoms with Gasteiger partial charge in [-0.15, -0.1) is 0 Å². The topological polar surface area (TPSA) is 115 Å². The van der Waals surface area contributed by atoms with Crippen LogP contribution >= 0.6 is 0 Å². The summed E-state index contributed by atoms with van der Waals surface area (Å²) < 4.78 is 0. The van der Waals surface area contributed by atoms with E-state index in [-0.39, 0.29) is 45.2 Å². The average molecular weight is 415 g/mol. The Hall–Kier alpha value is -3.93. The number of amides is 2. The number of benzene rings is 3. The van der Waals surface area contributed by atoms with Gasteiger partial charge < -0.3 is 16.8 Å². The number of hydrogen-bond acceptors (Lipinski definition) is 4. The minimum absolute atomic E-state index is 0.0299. The van der Waals surface area contributed by atoms with Crippen molar-refractivity contribution in [2.24, 2.45) is 5.73 Å². The Morgan fingerprint density at radius 2 is 1.42 bits per heavy atom. The molecule has 3 aromatic rings. The van der Waals surface area contributed by atoms with Crippen LogP contribution in [-0.2, 0) is 5.41 Å². The van der Waals surface area contributed by atoms with Crippen molar-refractivity contribution in [3.05, 3.63) is 94.5 Å². The van der Waals surface area contributed by atoms with Gasteiger partial charge in [0.25, 0.3) is 5.91 Å². The lowest BCUT2D eigenvalue weighted by molar-refractivity contribution is 0.0997. The minimum Gasteiger partial charge on any atom is -0.397 e. The molecule has 0 heterocycles. The quantitative estimate of drug-likeness (QED) is 0.429. The molecule has 0 fully saturated rings. The normalized spacial score (nSPS) is 11.1. The molecule has 3 rings (SSSR count). The van der Waals surface area contributed by atoms with Crippen LogP contribution in [0.25, 0.3) is 0 Å². The molecule has 5 N–H and O–H groups in total. The Kier molecular flexibility index (Phi) is 5.92. The second-order valence-electron chi connectivity index (χ2n) is 8.33. The number of carbonyl (C=O) groups excluding carboxylic acids is 3. The van der Waals surface area contributed by atoms with E-state index in [0.717, 1.165) is 5.56 Å². The van der Waals surface area contributed by atoms with E-state index >= 15 is 0 Å². The lowest BCUT2D eigenvalue weighted by Gasteiger charge is -2.19. The SMILES string of the molecule is CC(C)(C)c1ccc(C(=O)Nc2c(N)cccc2C(=O)c2cccc(C(N)=O)c2)cc1. The maximum absolute atomic E-state index is 13.1. The summed E-state index contributed by atoms with van der Waals surface area (Å²) in [6, 6.07) is 18.2. The number of carbonyl (C=O) groups is 3. The van der Waals surface area contributed by atoms with Crippen LogP contribution in [0, 0.1) is 0 Å². The van der Waals surface area contributed by atoms with E-state index < -0.39 is 5.91 Å². The summed E-state index contributed by atoms with van der Waals surface area (Å²) in [5.41, 5.74) is 14.1. The molecule has 31 heavy (non-hydrogen) atoms. The summed E-state index contributed by atoms with van der Waals surface area (Å²) in [4.78, 5) is 37.4. The Morgan fingerprint density at radius 3 is 2.03 bits per heavy atom. The molecule has 158 valence electrons. The number of nitrogen functional groups attached to an aromatic ring is 1. The van der Waals surface area contributed by atoms with Gasteiger partial charge in [0.05, 0.1) is 11.4 Å². The second kappa shape index (κ2) is 8.44. The molecule has 2 amide bonds. The molecule has 0 saturated carbocycles. The zero-order chi connectivity index (χ0) is 22.8. The zero-order valence-electron chi connectivity index (χ0n) is 17.7. The number of primary amides is 1. The van der Waals surface area contributed by atoms with Crippen LogP contribution in [0.5, 0.6) is 0 Å². The fourth-order valence-corrected chi connectivity index (χ4v) is 3.18. The fourth-order valence-electron chi connectivity index (χ4n) is 3.18. The van der Waals surface area contributed by atoms with Crippen molar-refractivity contribution in [3.8, 4) is 0 Å². The monoisotopic (exact) mass is 415 g/mol. The van der Waals surface area contributed by atoms with Crippen LogP contribution in [-0.4, -0.2) is 17.6 Å². The fraction of sp³-hybridized carbons (Fsp3) is 0.160. The molecule has 6 nitrogen and oxygen atoms in total. The minimum atomic E-state index is -0.630. The predicted octanol–water partition coefficient (Wildman–Crippen LogP) is 4.15. The van der Waals surface area contributed by atoms with Crippen LogP contribution in [0.15, 0.2) is 66.7 Å². The van der Waals surface area contributed by atoms with Crippen molar-refractivity contribution in [3.63, 3.8) is 0 Å². The molecule has 0 unspecified atom stereocenters. The number of rotatable bonds is 5. The van der Waals surface area contributed by atoms with Gasteiger partial charge in [0.1, 0.15) is 0 Å². The van der Waals surface area contributed by atoms with Crippen LogP contribution in [0.2, 0.25) is 0 Å². The van der Waals surface area contributed by atoms with Crippen LogP contribution in [0.3, 0.4) is 0 Å². The lowest BCUT2D eigenvalue weighted by Crippen LogP contribution is -2.18. The number of para-hydroxylation sites is 1. The Labute approximate surface area is 181 Å². The number of nitrogens with one attached hydrogen (secondary N) is 1. The maximum Gasteiger partial charge on any atom is 0.255 e. The smallest absolute Gasteiger partial charge is 0.255 e. The lowest BCUT2D eigenvalue weighted by atomic mass is 9.86. The average Bonchev–Trinajstić information content (AvgIpc) is 2.74. The molecule has 0 saturated heterocycles. The first kappa shape index (κ1) is 21.8. The number of hydrogen-bond donors (Lipinski definition) is 3. The van der Waals surface area contributed by atoms with Crippen LogP contribution < -0.4 is 16.8 Å². The van der Waals surface area contributed by atoms with Gasteiger partial charge in [-0.05, 0) is 47.4 Å². The van der Waals surface area contributed by atoms with Crippen molar-refractivity contribution in [1.82, 2.24) is 0 Å². The third kappa shape index (κ3) is 4.80. The maximum atomic E-state index is 13.1. The van der Waals surface area contributed by atoms with Crippen molar-refractivity contribution < 1.29 is 14.4 Å². The Balaban J connectivity index is 1.93. The van der Waals surface area contributed by atoms with Gasteiger partial charge in [0.2, 0.25) is 5.91 Å². The Morgan fingerprint density at radius 1 is 0.806 bits per heavy atom. The zero-order valence-corrected chi connectivity index (χ0v) is 17.7. The van der Waals surface area contributed by atoms with Gasteiger partial charge in [0.15, 0.2) is 5.78 Å². The van der Waals surface area contributed by atoms with E-state index in [4.69, 9.17) is 11.5 Å². The number of anilines is 2. The summed E-state index contributed by atoms with van der Waals surface area (Å²) in [5, 5.41) is 2.76. The first-order valence-corrected chi connectivity index (χ1v) is 9.83. The highest BCUT2D eigenvalue weighted by atomic mass is 16.2. The van der Waals surface area contributed by atoms with Gasteiger partial charge in [-0.3, -0.25) is 14.4 Å². The first-order chi connectivity index (χ1) is 14.6. The molecule has 0 aromatic heterocycles. The molecule has 0 radical (unpaired) electrons. The third-order valence-corrected chi connectivity index (χ3v) is 5.00. The summed E-state index contributed by atoms with van der Waals surface area (Å²) >= 11 is 0. The molecule has 0 aliphatic carbocycles. The molecule has 0 spiro atoms. The van der Waals surface area contributed by atoms with Crippen molar-refractivity contribution >= 4 is 29.0 Å². The molecule has 0 bridgehead atoms. The van der Waals surface area contributed by atoms with E-state index in [9.17, 15) is 14.4 Å². The summed E-state index contributed by atoms with van der Waals surface area (Å²) in [6.07, 6.45) is 0. The molecule has 3 aromatic carbocycles. The van der Waals surface area contributed by atoms with Crippen molar-refractivity contribution in [2.45, 2.75) is 26.2 Å². The first-order valence-electron chi connectivity index (χ1n) is 9.83. The van der Waals surface area contributed by atoms with Gasteiger partial charge in [-0.1, -0.05) is 51.1 Å². The number of nitrogens with two attached hydrogens (primary N) is 2. The molecular formula is C25H25N3O3. The molecule has 6 heteroatoms. The van der Waals surface area contributed by atoms with Gasteiger partial charge in [-0.25, -0.2) is 0 Å². The van der Waals surface area contributed by atoms with Crippen molar-refractivity contribution in [1.29, 1.82) is 0 Å². The van der Waals surface area contributed by atoms with E-state index in [1.807, 2.05) is 12.1 Å². The number of ketones is 1. The standard InChI is InChI=1S/C25H25N3O3/c1-25(2,3)18-12-10-15(11-13-18)24(31)28-21-19(8-5-9-20(21)26)22(29)16-6-4-7-17(14-16)23(27)30/h4-14H,26H2,1-3H3,(H2,27,30)(H,28,31). The van der Waals surface area contributed by atoms with E-state index in [1.54, 1.807) is 42.5 Å². The van der Waals surface area contributed by atoms with E-state index in [2.05, 4.69) is 26.1 Å². The summed E-state index contributed by atoms with van der Waals surface area (Å²) in [5.74, 6) is -1.39. The summed E-state index contributed by atoms with van der Waals surface area (Å²) in [6.45, 7) is 6.29. The molecule has 0 aliphatic heterocycles. The van der Waals surface area contributed by atoms with E-state index in [0.29, 0.717) is 5.56 Å². The largest absolute Gasteiger partial charge is 0.397 e. The van der Waals surface area contributed by atoms with Gasteiger partial charge in [0, 0.05) is 22.3 Å². The molecule has 0 atom stereocenters. The van der Waals surface area contributed by atoms with Crippen molar-refractivity contribution in [2.75, 3.05) is 11.1 Å². The highest BCUT2D eigenvalue weighted by molar-refractivity contribution is 6.17. The molecule has 0 aliphatic rings. The van der Waals surface area contributed by atoms with Gasteiger partial charge >= 0.3 is 0 Å². The third-order valence-electron chi connectivity index (χ3n) is 5.00. The van der Waals surface area contributed by atoms with E-state index in [1.165, 1.54) is 12.1 Å². The predicted molar refractivity (Wildman–Crippen MR) is 122 cm³/mol. The van der Waals surface area contributed by atoms with Crippen LogP contribution in [0.1, 0.15) is 63.0 Å². The van der Waals surface area contributed by atoms with Crippen LogP contribution in [0.4, 0.5) is 11.4 Å². The Bertz CT molecular complexity index is 1160. The van der Waals surface area contributed by atoms with Gasteiger partial charge in [-0.2, -0.15) is 0 Å². The highest BCUT2D eigenvalue weighted by Crippen LogP contribution is 2.27. The molecular weight excluding hydrogens is 390 g/mol. The highest BCUT2D eigenvalue weighted by Gasteiger charge is 2.20. The summed E-state index contributed by atoms with van der Waals surface area (Å²) in [7, 11) is 0.